The number of nitrogens with zero attached hydrogens (tertiary/aromatic N) is 5. The summed E-state index contributed by atoms with van der Waals surface area (Å²) in [5.41, 5.74) is 0.998. The van der Waals surface area contributed by atoms with E-state index in [0.717, 1.165) is 15.8 Å². The minimum absolute atomic E-state index is 0.0362. The standard InChI is InChI=1S/C17H21N5O2/c1-19(2)13-8-6-7-12(9-13)11-20(3)15-14(10-18)16(23)22(5)17(24)21(15)4/h6-9H,11H2,1-5H3. The first kappa shape index (κ1) is 17.3. The van der Waals surface area contributed by atoms with Crippen LogP contribution in [0.4, 0.5) is 11.5 Å². The van der Waals surface area contributed by atoms with Crippen LogP contribution in [0.5, 0.6) is 0 Å². The summed E-state index contributed by atoms with van der Waals surface area (Å²) in [5.74, 6) is 0.320. The van der Waals surface area contributed by atoms with Gasteiger partial charge in [-0.2, -0.15) is 5.26 Å². The van der Waals surface area contributed by atoms with E-state index >= 15 is 0 Å². The number of anilines is 2. The zero-order chi connectivity index (χ0) is 18.0. The van der Waals surface area contributed by atoms with E-state index in [1.54, 1.807) is 19.0 Å². The summed E-state index contributed by atoms with van der Waals surface area (Å²) < 4.78 is 2.28. The molecule has 0 bridgehead atoms. The van der Waals surface area contributed by atoms with Crippen LogP contribution in [0.1, 0.15) is 11.1 Å². The zero-order valence-corrected chi connectivity index (χ0v) is 14.6. The van der Waals surface area contributed by atoms with Gasteiger partial charge in [0.25, 0.3) is 5.56 Å². The molecular weight excluding hydrogens is 306 g/mol. The molecule has 0 spiro atoms. The lowest BCUT2D eigenvalue weighted by molar-refractivity contribution is 0.667. The lowest BCUT2D eigenvalue weighted by atomic mass is 10.1. The van der Waals surface area contributed by atoms with Crippen molar-refractivity contribution in [3.8, 4) is 6.07 Å². The third kappa shape index (κ3) is 3.04. The summed E-state index contributed by atoms with van der Waals surface area (Å²) in [7, 11) is 8.61. The van der Waals surface area contributed by atoms with Gasteiger partial charge >= 0.3 is 5.69 Å². The van der Waals surface area contributed by atoms with Crippen molar-refractivity contribution in [2.75, 3.05) is 30.9 Å². The van der Waals surface area contributed by atoms with Crippen molar-refractivity contribution >= 4 is 11.5 Å². The molecule has 1 aromatic heterocycles. The molecule has 0 aliphatic carbocycles. The van der Waals surface area contributed by atoms with Gasteiger partial charge in [-0.15, -0.1) is 0 Å². The van der Waals surface area contributed by atoms with Crippen molar-refractivity contribution in [1.82, 2.24) is 9.13 Å². The van der Waals surface area contributed by atoms with Crippen LogP contribution in [0.3, 0.4) is 0 Å². The maximum absolute atomic E-state index is 12.2. The molecule has 0 amide bonds. The van der Waals surface area contributed by atoms with Gasteiger partial charge in [0.2, 0.25) is 0 Å². The predicted octanol–water partition coefficient (Wildman–Crippen LogP) is 0.658. The minimum atomic E-state index is -0.579. The van der Waals surface area contributed by atoms with E-state index in [9.17, 15) is 14.9 Å². The quantitative estimate of drug-likeness (QED) is 0.825. The molecular formula is C17H21N5O2. The summed E-state index contributed by atoms with van der Waals surface area (Å²) in [6.45, 7) is 0.469. The average Bonchev–Trinajstić information content (AvgIpc) is 2.56. The van der Waals surface area contributed by atoms with E-state index < -0.39 is 11.2 Å². The second-order valence-electron chi connectivity index (χ2n) is 5.94. The Morgan fingerprint density at radius 3 is 2.38 bits per heavy atom. The van der Waals surface area contributed by atoms with Crippen molar-refractivity contribution in [1.29, 1.82) is 5.26 Å². The molecule has 0 atom stereocenters. The normalized spacial score (nSPS) is 10.3. The van der Waals surface area contributed by atoms with Crippen LogP contribution >= 0.6 is 0 Å². The molecule has 0 aliphatic heterocycles. The molecule has 1 aromatic carbocycles. The molecule has 7 nitrogen and oxygen atoms in total. The third-order valence-electron chi connectivity index (χ3n) is 3.95. The van der Waals surface area contributed by atoms with Crippen LogP contribution in [0.15, 0.2) is 33.9 Å². The van der Waals surface area contributed by atoms with Crippen molar-refractivity contribution in [2.24, 2.45) is 14.1 Å². The van der Waals surface area contributed by atoms with E-state index in [2.05, 4.69) is 0 Å². The molecule has 0 saturated heterocycles. The van der Waals surface area contributed by atoms with Gasteiger partial charge in [-0.05, 0) is 17.7 Å². The SMILES string of the molecule is CN(C)c1cccc(CN(C)c2c(C#N)c(=O)n(C)c(=O)n2C)c1. The van der Waals surface area contributed by atoms with Gasteiger partial charge in [0.05, 0.1) is 0 Å². The Morgan fingerprint density at radius 2 is 1.79 bits per heavy atom. The van der Waals surface area contributed by atoms with Gasteiger partial charge in [0.15, 0.2) is 5.56 Å². The molecule has 0 aliphatic rings. The monoisotopic (exact) mass is 327 g/mol. The smallest absolute Gasteiger partial charge is 0.332 e. The van der Waals surface area contributed by atoms with Crippen molar-refractivity contribution in [3.05, 3.63) is 56.2 Å². The molecule has 0 fully saturated rings. The van der Waals surface area contributed by atoms with Gasteiger partial charge in [-0.3, -0.25) is 13.9 Å². The highest BCUT2D eigenvalue weighted by atomic mass is 16.2. The summed E-state index contributed by atoms with van der Waals surface area (Å²) >= 11 is 0. The Kier molecular flexibility index (Phi) is 4.79. The maximum Gasteiger partial charge on any atom is 0.332 e. The fraction of sp³-hybridized carbons (Fsp3) is 0.353. The number of aromatic nitrogens is 2. The molecule has 2 rings (SSSR count). The summed E-state index contributed by atoms with van der Waals surface area (Å²) in [5, 5.41) is 9.36. The van der Waals surface area contributed by atoms with Crippen LogP contribution in [0, 0.1) is 11.3 Å². The van der Waals surface area contributed by atoms with Crippen LogP contribution in [0.2, 0.25) is 0 Å². The summed E-state index contributed by atoms with van der Waals surface area (Å²) in [6, 6.07) is 9.87. The third-order valence-corrected chi connectivity index (χ3v) is 3.95. The molecule has 0 unspecified atom stereocenters. The molecule has 7 heteroatoms. The van der Waals surface area contributed by atoms with Crippen LogP contribution in [-0.2, 0) is 20.6 Å². The number of hydrogen-bond donors (Lipinski definition) is 0. The summed E-state index contributed by atoms with van der Waals surface area (Å²) in [4.78, 5) is 28.1. The van der Waals surface area contributed by atoms with Gasteiger partial charge in [-0.1, -0.05) is 12.1 Å². The number of hydrogen-bond acceptors (Lipinski definition) is 5. The second kappa shape index (κ2) is 6.62. The first-order valence-electron chi connectivity index (χ1n) is 7.45. The molecule has 0 radical (unpaired) electrons. The van der Waals surface area contributed by atoms with E-state index in [4.69, 9.17) is 0 Å². The van der Waals surface area contributed by atoms with Gasteiger partial charge in [0, 0.05) is 47.5 Å². The Labute approximate surface area is 140 Å². The van der Waals surface area contributed by atoms with Crippen LogP contribution in [0.25, 0.3) is 0 Å². The first-order valence-corrected chi connectivity index (χ1v) is 7.45. The van der Waals surface area contributed by atoms with Crippen molar-refractivity contribution < 1.29 is 0 Å². The Morgan fingerprint density at radius 1 is 1.12 bits per heavy atom. The molecule has 0 saturated carbocycles. The predicted molar refractivity (Wildman–Crippen MR) is 94.5 cm³/mol. The number of nitriles is 1. The second-order valence-corrected chi connectivity index (χ2v) is 5.94. The van der Waals surface area contributed by atoms with E-state index in [1.807, 2.05) is 49.3 Å². The van der Waals surface area contributed by atoms with Gasteiger partial charge < -0.3 is 9.80 Å². The summed E-state index contributed by atoms with van der Waals surface area (Å²) in [6.07, 6.45) is 0. The molecule has 1 heterocycles. The fourth-order valence-corrected chi connectivity index (χ4v) is 2.66. The van der Waals surface area contributed by atoms with Crippen molar-refractivity contribution in [3.63, 3.8) is 0 Å². The Balaban J connectivity index is 2.50. The maximum atomic E-state index is 12.2. The largest absolute Gasteiger partial charge is 0.378 e. The topological polar surface area (TPSA) is 74.3 Å². The van der Waals surface area contributed by atoms with E-state index in [1.165, 1.54) is 11.6 Å². The van der Waals surface area contributed by atoms with Crippen LogP contribution in [-0.4, -0.2) is 30.3 Å². The highest BCUT2D eigenvalue weighted by Crippen LogP contribution is 2.19. The van der Waals surface area contributed by atoms with Crippen LogP contribution < -0.4 is 21.0 Å². The minimum Gasteiger partial charge on any atom is -0.378 e. The lowest BCUT2D eigenvalue weighted by Gasteiger charge is -2.24. The molecule has 24 heavy (non-hydrogen) atoms. The fourth-order valence-electron chi connectivity index (χ4n) is 2.66. The number of rotatable bonds is 4. The van der Waals surface area contributed by atoms with E-state index in [-0.39, 0.29) is 5.56 Å². The van der Waals surface area contributed by atoms with Crippen molar-refractivity contribution in [2.45, 2.75) is 6.54 Å². The Hall–Kier alpha value is -3.01. The average molecular weight is 327 g/mol. The Bertz CT molecular complexity index is 918. The first-order chi connectivity index (χ1) is 11.3. The molecule has 0 N–H and O–H groups in total. The highest BCUT2D eigenvalue weighted by molar-refractivity contribution is 5.54. The zero-order valence-electron chi connectivity index (χ0n) is 14.6. The lowest BCUT2D eigenvalue weighted by Crippen LogP contribution is -2.41. The molecule has 126 valence electrons. The number of benzene rings is 1. The van der Waals surface area contributed by atoms with Gasteiger partial charge in [0.1, 0.15) is 11.9 Å². The molecule has 2 aromatic rings. The van der Waals surface area contributed by atoms with Gasteiger partial charge in [-0.25, -0.2) is 4.79 Å². The van der Waals surface area contributed by atoms with E-state index in [0.29, 0.717) is 12.4 Å². The highest BCUT2D eigenvalue weighted by Gasteiger charge is 2.18.